The lowest BCUT2D eigenvalue weighted by Crippen LogP contribution is -2.37. The summed E-state index contributed by atoms with van der Waals surface area (Å²) < 4.78 is 20.7. The van der Waals surface area contributed by atoms with Crippen molar-refractivity contribution >= 4 is 47.6 Å². The van der Waals surface area contributed by atoms with Gasteiger partial charge >= 0.3 is 24.4 Å². The van der Waals surface area contributed by atoms with Gasteiger partial charge in [-0.15, -0.1) is 0 Å². The van der Waals surface area contributed by atoms with Crippen molar-refractivity contribution in [1.29, 1.82) is 0 Å². The Hall–Kier alpha value is -3.88. The van der Waals surface area contributed by atoms with Crippen LogP contribution in [0, 0.1) is 5.92 Å². The number of nitrogens with two attached hydrogens (primary N) is 1. The number of unbranched alkanes of at least 4 members (excludes halogenated alkanes) is 2. The van der Waals surface area contributed by atoms with Gasteiger partial charge in [0.25, 0.3) is 0 Å². The maximum Gasteiger partial charge on any atom is 0.435 e. The number of alkyl carbamates (subject to hydrolysis) is 2. The van der Waals surface area contributed by atoms with Gasteiger partial charge in [-0.3, -0.25) is 20.2 Å². The number of hydrogen-bond acceptors (Lipinski definition) is 11. The smallest absolute Gasteiger partial charge is 0.435 e. The highest BCUT2D eigenvalue weighted by Crippen LogP contribution is 2.15. The van der Waals surface area contributed by atoms with Gasteiger partial charge in [0.1, 0.15) is 45.6 Å². The molecule has 0 aromatic carbocycles. The molecule has 0 spiro atoms. The summed E-state index contributed by atoms with van der Waals surface area (Å²) in [5, 5.41) is 5.04. The fourth-order valence-corrected chi connectivity index (χ4v) is 4.26. The number of aliphatic imine (C=N–C) groups is 2. The van der Waals surface area contributed by atoms with Crippen molar-refractivity contribution in [2.45, 2.75) is 197 Å². The molecular formula is C39H71N5O10. The van der Waals surface area contributed by atoms with Crippen molar-refractivity contribution in [3.8, 4) is 0 Å². The third-order valence-corrected chi connectivity index (χ3v) is 6.67. The number of amides is 4. The van der Waals surface area contributed by atoms with E-state index in [4.69, 9.17) is 24.7 Å². The van der Waals surface area contributed by atoms with Gasteiger partial charge in [0.15, 0.2) is 0 Å². The van der Waals surface area contributed by atoms with Crippen LogP contribution in [0.3, 0.4) is 0 Å². The maximum absolute atomic E-state index is 12.0. The highest BCUT2D eigenvalue weighted by molar-refractivity contribution is 6.00. The van der Waals surface area contributed by atoms with E-state index in [0.717, 1.165) is 12.8 Å². The summed E-state index contributed by atoms with van der Waals surface area (Å²) in [6, 6.07) is -0.486. The standard InChI is InChI=1S/C20H36N2O5.C19H35N3O5/c1-9-15(23)14(2)12-10-11-13-16(21-17(24)26-19(3,4)5)22-18(25)27-20(6,7)8;1-8-14(23)13(20)11-9-10-12-15(21-16(24)26-18(2,3)4)22-17(25)27-19(5,6)7/h14H,9-13H2,1-8H3,(H,21,22,24,25);13H,8-12,20H2,1-7H3,(H,21,22,24,25)/t14-;13-/m00/s1. The minimum atomic E-state index is -0.786. The monoisotopic (exact) mass is 770 g/mol. The Morgan fingerprint density at radius 1 is 0.537 bits per heavy atom. The van der Waals surface area contributed by atoms with Crippen LogP contribution < -0.4 is 16.4 Å². The summed E-state index contributed by atoms with van der Waals surface area (Å²) in [5.41, 5.74) is 3.11. The Morgan fingerprint density at radius 3 is 1.19 bits per heavy atom. The normalized spacial score (nSPS) is 13.7. The molecule has 0 aromatic heterocycles. The number of ether oxygens (including phenoxy) is 4. The summed E-state index contributed by atoms with van der Waals surface area (Å²) in [6.45, 7) is 26.4. The van der Waals surface area contributed by atoms with Crippen molar-refractivity contribution < 1.29 is 47.7 Å². The first-order valence-corrected chi connectivity index (χ1v) is 18.9. The van der Waals surface area contributed by atoms with Crippen molar-refractivity contribution in [3.05, 3.63) is 0 Å². The summed E-state index contributed by atoms with van der Waals surface area (Å²) in [7, 11) is 0. The molecule has 0 unspecified atom stereocenters. The number of nitrogens with zero attached hydrogens (tertiary/aromatic N) is 2. The molecule has 312 valence electrons. The average Bonchev–Trinajstić information content (AvgIpc) is 2.96. The van der Waals surface area contributed by atoms with E-state index >= 15 is 0 Å². The fourth-order valence-electron chi connectivity index (χ4n) is 4.26. The Bertz CT molecular complexity index is 1180. The highest BCUT2D eigenvalue weighted by Gasteiger charge is 2.22. The molecule has 0 saturated heterocycles. The molecule has 0 bridgehead atoms. The van der Waals surface area contributed by atoms with Crippen LogP contribution in [0.25, 0.3) is 0 Å². The lowest BCUT2D eigenvalue weighted by molar-refractivity contribution is -0.122. The van der Waals surface area contributed by atoms with Gasteiger partial charge in [0, 0.05) is 31.6 Å². The predicted molar refractivity (Wildman–Crippen MR) is 211 cm³/mol. The molecule has 0 fully saturated rings. The van der Waals surface area contributed by atoms with Gasteiger partial charge in [0.05, 0.1) is 6.04 Å². The van der Waals surface area contributed by atoms with E-state index in [9.17, 15) is 28.8 Å². The third-order valence-electron chi connectivity index (χ3n) is 6.67. The minimum Gasteiger partial charge on any atom is -0.444 e. The zero-order chi connectivity index (χ0) is 42.5. The van der Waals surface area contributed by atoms with E-state index in [2.05, 4.69) is 20.6 Å². The number of amidine groups is 2. The van der Waals surface area contributed by atoms with E-state index in [-0.39, 0.29) is 29.2 Å². The lowest BCUT2D eigenvalue weighted by atomic mass is 9.97. The van der Waals surface area contributed by atoms with E-state index in [1.165, 1.54) is 0 Å². The molecule has 54 heavy (non-hydrogen) atoms. The SMILES string of the molecule is CCC(=O)[C@@H](C)CCCCC(=NC(=O)OC(C)(C)C)NC(=O)OC(C)(C)C.CCC(=O)[C@@H](N)CCCCC(=NC(=O)OC(C)(C)C)NC(=O)OC(C)(C)C. The Balaban J connectivity index is 0. The van der Waals surface area contributed by atoms with Crippen molar-refractivity contribution in [3.63, 3.8) is 0 Å². The van der Waals surface area contributed by atoms with Gasteiger partial charge in [0.2, 0.25) is 0 Å². The first kappa shape index (κ1) is 52.2. The van der Waals surface area contributed by atoms with Crippen LogP contribution in [0.5, 0.6) is 0 Å². The molecule has 15 nitrogen and oxygen atoms in total. The quantitative estimate of drug-likeness (QED) is 0.0657. The number of carbonyl (C=O) groups is 6. The molecule has 4 amide bonds. The van der Waals surface area contributed by atoms with E-state index in [1.807, 2.05) is 13.8 Å². The molecule has 0 rings (SSSR count). The van der Waals surface area contributed by atoms with Crippen LogP contribution in [0.1, 0.15) is 168 Å². The number of rotatable bonds is 14. The van der Waals surface area contributed by atoms with Crippen LogP contribution in [0.4, 0.5) is 19.2 Å². The molecular weight excluding hydrogens is 698 g/mol. The Labute approximate surface area is 323 Å². The summed E-state index contributed by atoms with van der Waals surface area (Å²) >= 11 is 0. The number of Topliss-reactive ketones (excluding diaryl/α,β-unsaturated/α-hetero) is 2. The van der Waals surface area contributed by atoms with E-state index < -0.39 is 52.8 Å². The molecule has 4 N–H and O–H groups in total. The Kier molecular flexibility index (Phi) is 23.7. The van der Waals surface area contributed by atoms with Gasteiger partial charge in [-0.1, -0.05) is 33.6 Å². The number of ketones is 2. The van der Waals surface area contributed by atoms with Crippen molar-refractivity contribution in [1.82, 2.24) is 10.6 Å². The molecule has 0 aliphatic rings. The molecule has 0 aromatic rings. The van der Waals surface area contributed by atoms with Crippen LogP contribution >= 0.6 is 0 Å². The predicted octanol–water partition coefficient (Wildman–Crippen LogP) is 8.73. The van der Waals surface area contributed by atoms with Gasteiger partial charge < -0.3 is 24.7 Å². The van der Waals surface area contributed by atoms with Crippen LogP contribution in [0.15, 0.2) is 9.98 Å². The first-order chi connectivity index (χ1) is 24.5. The third kappa shape index (κ3) is 31.6. The average molecular weight is 770 g/mol. The van der Waals surface area contributed by atoms with Gasteiger partial charge in [-0.25, -0.2) is 19.2 Å². The molecule has 0 heterocycles. The van der Waals surface area contributed by atoms with Gasteiger partial charge in [-0.05, 0) is 109 Å². The molecule has 0 aliphatic carbocycles. The Morgan fingerprint density at radius 2 is 0.870 bits per heavy atom. The second-order valence-electron chi connectivity index (χ2n) is 17.0. The molecule has 0 saturated carbocycles. The zero-order valence-electron chi connectivity index (χ0n) is 35.8. The molecule has 0 aliphatic heterocycles. The largest absolute Gasteiger partial charge is 0.444 e. The summed E-state index contributed by atoms with van der Waals surface area (Å²) in [4.78, 5) is 78.7. The van der Waals surface area contributed by atoms with Gasteiger partial charge in [-0.2, -0.15) is 9.98 Å². The fraction of sp³-hybridized carbons (Fsp3) is 0.795. The highest BCUT2D eigenvalue weighted by atomic mass is 16.6. The zero-order valence-corrected chi connectivity index (χ0v) is 35.8. The number of hydrogen-bond donors (Lipinski definition) is 3. The molecule has 15 heteroatoms. The minimum absolute atomic E-state index is 0.0139. The second kappa shape index (κ2) is 24.5. The summed E-state index contributed by atoms with van der Waals surface area (Å²) in [6.07, 6.45) is 2.78. The first-order valence-electron chi connectivity index (χ1n) is 18.9. The topological polar surface area (TPSA) is 214 Å². The van der Waals surface area contributed by atoms with Crippen LogP contribution in [-0.4, -0.2) is 76.1 Å². The van der Waals surface area contributed by atoms with Crippen LogP contribution in [-0.2, 0) is 28.5 Å². The summed E-state index contributed by atoms with van der Waals surface area (Å²) in [5.74, 6) is 0.635. The van der Waals surface area contributed by atoms with E-state index in [1.54, 1.807) is 90.0 Å². The number of nitrogens with one attached hydrogen (secondary N) is 2. The number of carbonyl (C=O) groups excluding carboxylic acids is 6. The van der Waals surface area contributed by atoms with Crippen LogP contribution in [0.2, 0.25) is 0 Å². The second-order valence-corrected chi connectivity index (χ2v) is 17.0. The maximum atomic E-state index is 12.0. The van der Waals surface area contributed by atoms with Crippen molar-refractivity contribution in [2.24, 2.45) is 21.6 Å². The molecule has 2 atom stereocenters. The molecule has 0 radical (unpaired) electrons. The van der Waals surface area contributed by atoms with E-state index in [0.29, 0.717) is 51.4 Å². The van der Waals surface area contributed by atoms with Crippen molar-refractivity contribution in [2.75, 3.05) is 0 Å². The lowest BCUT2D eigenvalue weighted by Gasteiger charge is -2.21.